The molecule has 4 heteroatoms. The molecule has 0 fully saturated rings. The van der Waals surface area contributed by atoms with Gasteiger partial charge in [0.25, 0.3) is 0 Å². The maximum Gasteiger partial charge on any atom is 0.224 e. The SMILES string of the molecule is CCCCCCC(=O)Nc1ccc(N)cc1C#N. The van der Waals surface area contributed by atoms with Crippen molar-refractivity contribution in [2.75, 3.05) is 11.1 Å². The number of carbonyl (C=O) groups excluding carboxylic acids is 1. The van der Waals surface area contributed by atoms with E-state index in [1.807, 2.05) is 6.07 Å². The van der Waals surface area contributed by atoms with E-state index in [1.54, 1.807) is 18.2 Å². The zero-order valence-electron chi connectivity index (χ0n) is 10.7. The van der Waals surface area contributed by atoms with Crippen LogP contribution in [0.1, 0.15) is 44.6 Å². The average molecular weight is 245 g/mol. The summed E-state index contributed by atoms with van der Waals surface area (Å²) in [7, 11) is 0. The Labute approximate surface area is 108 Å². The van der Waals surface area contributed by atoms with Crippen LogP contribution in [0.4, 0.5) is 11.4 Å². The molecule has 1 rings (SSSR count). The van der Waals surface area contributed by atoms with E-state index in [2.05, 4.69) is 12.2 Å². The van der Waals surface area contributed by atoms with Gasteiger partial charge < -0.3 is 11.1 Å². The number of nitrogens with one attached hydrogen (secondary N) is 1. The average Bonchev–Trinajstić information content (AvgIpc) is 2.37. The Balaban J connectivity index is 2.52. The van der Waals surface area contributed by atoms with Gasteiger partial charge in [0, 0.05) is 12.1 Å². The molecule has 0 aromatic heterocycles. The van der Waals surface area contributed by atoms with E-state index in [1.165, 1.54) is 0 Å². The number of rotatable bonds is 6. The van der Waals surface area contributed by atoms with Crippen LogP contribution < -0.4 is 11.1 Å². The van der Waals surface area contributed by atoms with Crippen LogP contribution in [0.25, 0.3) is 0 Å². The maximum atomic E-state index is 11.7. The van der Waals surface area contributed by atoms with Gasteiger partial charge in [-0.15, -0.1) is 0 Å². The standard InChI is InChI=1S/C14H19N3O/c1-2-3-4-5-6-14(18)17-13-8-7-12(16)9-11(13)10-15/h7-9H,2-6,16H2,1H3,(H,17,18). The molecular formula is C14H19N3O. The number of nitrogens with two attached hydrogens (primary N) is 1. The Morgan fingerprint density at radius 1 is 1.39 bits per heavy atom. The molecule has 0 atom stereocenters. The number of hydrogen-bond acceptors (Lipinski definition) is 3. The largest absolute Gasteiger partial charge is 0.399 e. The summed E-state index contributed by atoms with van der Waals surface area (Å²) in [6.45, 7) is 2.13. The van der Waals surface area contributed by atoms with Gasteiger partial charge in [-0.2, -0.15) is 5.26 Å². The lowest BCUT2D eigenvalue weighted by atomic mass is 10.1. The van der Waals surface area contributed by atoms with E-state index in [-0.39, 0.29) is 5.91 Å². The Bertz CT molecular complexity index is 449. The van der Waals surface area contributed by atoms with Crippen molar-refractivity contribution in [3.8, 4) is 6.07 Å². The maximum absolute atomic E-state index is 11.7. The van der Waals surface area contributed by atoms with Crippen LogP contribution >= 0.6 is 0 Å². The minimum atomic E-state index is -0.0487. The van der Waals surface area contributed by atoms with Crippen molar-refractivity contribution >= 4 is 17.3 Å². The third-order valence-corrected chi connectivity index (χ3v) is 2.70. The Kier molecular flexibility index (Phi) is 5.72. The quantitative estimate of drug-likeness (QED) is 0.597. The first-order valence-electron chi connectivity index (χ1n) is 6.27. The van der Waals surface area contributed by atoms with Gasteiger partial charge in [0.1, 0.15) is 6.07 Å². The van der Waals surface area contributed by atoms with Gasteiger partial charge in [-0.3, -0.25) is 4.79 Å². The predicted octanol–water partition coefficient (Wildman–Crippen LogP) is 3.05. The van der Waals surface area contributed by atoms with Gasteiger partial charge in [-0.1, -0.05) is 26.2 Å². The highest BCUT2D eigenvalue weighted by molar-refractivity contribution is 5.92. The van der Waals surface area contributed by atoms with Gasteiger partial charge in [0.05, 0.1) is 11.3 Å². The molecule has 4 nitrogen and oxygen atoms in total. The first-order chi connectivity index (χ1) is 8.67. The van der Waals surface area contributed by atoms with Crippen LogP contribution in [0, 0.1) is 11.3 Å². The molecule has 1 aromatic carbocycles. The molecule has 0 aliphatic carbocycles. The second kappa shape index (κ2) is 7.33. The van der Waals surface area contributed by atoms with E-state index >= 15 is 0 Å². The van der Waals surface area contributed by atoms with E-state index in [0.29, 0.717) is 23.4 Å². The van der Waals surface area contributed by atoms with Gasteiger partial charge in [-0.05, 0) is 24.6 Å². The number of nitrogen functional groups attached to an aromatic ring is 1. The summed E-state index contributed by atoms with van der Waals surface area (Å²) in [5.41, 5.74) is 7.04. The number of unbranched alkanes of at least 4 members (excludes halogenated alkanes) is 3. The second-order valence-corrected chi connectivity index (χ2v) is 4.28. The van der Waals surface area contributed by atoms with E-state index in [9.17, 15) is 4.79 Å². The normalized spacial score (nSPS) is 9.78. The molecule has 0 saturated heterocycles. The molecule has 0 aliphatic heterocycles. The van der Waals surface area contributed by atoms with Crippen molar-refractivity contribution in [2.45, 2.75) is 39.0 Å². The minimum absolute atomic E-state index is 0.0487. The fourth-order valence-corrected chi connectivity index (χ4v) is 1.69. The van der Waals surface area contributed by atoms with Crippen LogP contribution in [-0.2, 0) is 4.79 Å². The molecular weight excluding hydrogens is 226 g/mol. The Hall–Kier alpha value is -2.02. The third kappa shape index (κ3) is 4.46. The van der Waals surface area contributed by atoms with Crippen LogP contribution in [0.2, 0.25) is 0 Å². The van der Waals surface area contributed by atoms with Gasteiger partial charge in [-0.25, -0.2) is 0 Å². The second-order valence-electron chi connectivity index (χ2n) is 4.28. The minimum Gasteiger partial charge on any atom is -0.399 e. The van der Waals surface area contributed by atoms with Crippen LogP contribution in [0.5, 0.6) is 0 Å². The van der Waals surface area contributed by atoms with Crippen molar-refractivity contribution in [1.82, 2.24) is 0 Å². The summed E-state index contributed by atoms with van der Waals surface area (Å²) >= 11 is 0. The first-order valence-corrected chi connectivity index (χ1v) is 6.27. The monoisotopic (exact) mass is 245 g/mol. The van der Waals surface area contributed by atoms with Gasteiger partial charge >= 0.3 is 0 Å². The highest BCUT2D eigenvalue weighted by Gasteiger charge is 2.06. The van der Waals surface area contributed by atoms with Crippen molar-refractivity contribution in [3.05, 3.63) is 23.8 Å². The fraction of sp³-hybridized carbons (Fsp3) is 0.429. The number of anilines is 2. The molecule has 0 bridgehead atoms. The van der Waals surface area contributed by atoms with E-state index in [0.717, 1.165) is 25.7 Å². The van der Waals surface area contributed by atoms with Crippen LogP contribution in [-0.4, -0.2) is 5.91 Å². The van der Waals surface area contributed by atoms with Crippen molar-refractivity contribution in [3.63, 3.8) is 0 Å². The lowest BCUT2D eigenvalue weighted by Gasteiger charge is -2.07. The molecule has 0 saturated carbocycles. The summed E-state index contributed by atoms with van der Waals surface area (Å²) in [6.07, 6.45) is 4.75. The molecule has 3 N–H and O–H groups in total. The molecule has 0 spiro atoms. The Morgan fingerprint density at radius 2 is 2.17 bits per heavy atom. The molecule has 0 unspecified atom stereocenters. The first kappa shape index (κ1) is 14.0. The van der Waals surface area contributed by atoms with E-state index in [4.69, 9.17) is 11.0 Å². The summed E-state index contributed by atoms with van der Waals surface area (Å²) in [5, 5.41) is 11.7. The molecule has 18 heavy (non-hydrogen) atoms. The lowest BCUT2D eigenvalue weighted by Crippen LogP contribution is -2.12. The summed E-state index contributed by atoms with van der Waals surface area (Å²) in [6, 6.07) is 6.92. The fourth-order valence-electron chi connectivity index (χ4n) is 1.69. The molecule has 0 heterocycles. The van der Waals surface area contributed by atoms with Crippen LogP contribution in [0.3, 0.4) is 0 Å². The Morgan fingerprint density at radius 3 is 2.83 bits per heavy atom. The number of hydrogen-bond donors (Lipinski definition) is 2. The number of carbonyl (C=O) groups is 1. The number of nitrogens with zero attached hydrogens (tertiary/aromatic N) is 1. The zero-order chi connectivity index (χ0) is 13.4. The van der Waals surface area contributed by atoms with Crippen molar-refractivity contribution in [2.24, 2.45) is 0 Å². The molecule has 1 amide bonds. The lowest BCUT2D eigenvalue weighted by molar-refractivity contribution is -0.116. The van der Waals surface area contributed by atoms with Crippen LogP contribution in [0.15, 0.2) is 18.2 Å². The van der Waals surface area contributed by atoms with E-state index < -0.39 is 0 Å². The van der Waals surface area contributed by atoms with Crippen molar-refractivity contribution in [1.29, 1.82) is 5.26 Å². The zero-order valence-corrected chi connectivity index (χ0v) is 10.7. The summed E-state index contributed by atoms with van der Waals surface area (Å²) < 4.78 is 0. The summed E-state index contributed by atoms with van der Waals surface area (Å²) in [5.74, 6) is -0.0487. The predicted molar refractivity (Wildman–Crippen MR) is 73.0 cm³/mol. The molecule has 0 radical (unpaired) electrons. The molecule has 96 valence electrons. The molecule has 0 aliphatic rings. The highest BCUT2D eigenvalue weighted by Crippen LogP contribution is 2.18. The van der Waals surface area contributed by atoms with Crippen molar-refractivity contribution < 1.29 is 4.79 Å². The number of amides is 1. The third-order valence-electron chi connectivity index (χ3n) is 2.70. The number of benzene rings is 1. The highest BCUT2D eigenvalue weighted by atomic mass is 16.1. The molecule has 1 aromatic rings. The summed E-state index contributed by atoms with van der Waals surface area (Å²) in [4.78, 5) is 11.7. The smallest absolute Gasteiger partial charge is 0.224 e. The van der Waals surface area contributed by atoms with Gasteiger partial charge in [0.15, 0.2) is 0 Å². The topological polar surface area (TPSA) is 78.9 Å². The van der Waals surface area contributed by atoms with Gasteiger partial charge in [0.2, 0.25) is 5.91 Å². The number of nitriles is 1.